The third kappa shape index (κ3) is 9.46. The molecule has 0 radical (unpaired) electrons. The molecule has 1 aromatic carbocycles. The van der Waals surface area contributed by atoms with E-state index in [0.29, 0.717) is 6.61 Å². The minimum Gasteiger partial charge on any atom is -0.466 e. The maximum absolute atomic E-state index is 12.3. The number of benzene rings is 1. The Labute approximate surface area is 249 Å². The minimum absolute atomic E-state index is 0.126. The van der Waals surface area contributed by atoms with Crippen LogP contribution in [0.2, 0.25) is 0 Å². The van der Waals surface area contributed by atoms with Crippen molar-refractivity contribution in [3.8, 4) is 0 Å². The number of hydrogen-bond acceptors (Lipinski definition) is 4. The quantitative estimate of drug-likeness (QED) is 0.207. The molecule has 0 aromatic heterocycles. The molecule has 1 fully saturated rings. The van der Waals surface area contributed by atoms with Crippen molar-refractivity contribution >= 4 is 11.5 Å². The maximum atomic E-state index is 12.3. The van der Waals surface area contributed by atoms with E-state index in [1.807, 2.05) is 25.2 Å². The molecule has 4 heteroatoms. The van der Waals surface area contributed by atoms with Crippen LogP contribution in [0, 0.1) is 12.8 Å². The number of unbranched alkanes of at least 4 members (excludes halogenated alkanes) is 1. The highest BCUT2D eigenvalue weighted by atomic mass is 16.5. The van der Waals surface area contributed by atoms with Crippen LogP contribution < -0.4 is 5.73 Å². The van der Waals surface area contributed by atoms with Gasteiger partial charge in [-0.25, -0.2) is 0 Å². The molecular formula is C37H52N2O2. The predicted molar refractivity (Wildman–Crippen MR) is 174 cm³/mol. The highest BCUT2D eigenvalue weighted by Gasteiger charge is 2.23. The van der Waals surface area contributed by atoms with Gasteiger partial charge in [0.1, 0.15) is 0 Å². The lowest BCUT2D eigenvalue weighted by Gasteiger charge is -2.31. The van der Waals surface area contributed by atoms with Crippen LogP contribution in [0.1, 0.15) is 88.8 Å². The summed E-state index contributed by atoms with van der Waals surface area (Å²) in [4.78, 5) is 14.9. The number of hydrogen-bond donors (Lipinski definition) is 1. The van der Waals surface area contributed by atoms with Gasteiger partial charge in [-0.05, 0) is 88.0 Å². The molecule has 1 unspecified atom stereocenters. The Hall–Kier alpha value is -3.11. The van der Waals surface area contributed by atoms with E-state index in [2.05, 4.69) is 68.7 Å². The molecule has 41 heavy (non-hydrogen) atoms. The molecule has 1 aliphatic heterocycles. The Bertz CT molecular complexity index is 1190. The van der Waals surface area contributed by atoms with Gasteiger partial charge < -0.3 is 15.4 Å². The molecule has 2 N–H and O–H groups in total. The van der Waals surface area contributed by atoms with Crippen molar-refractivity contribution in [1.29, 1.82) is 0 Å². The molecule has 1 heterocycles. The second-order valence-corrected chi connectivity index (χ2v) is 11.4. The number of rotatable bonds is 12. The van der Waals surface area contributed by atoms with Gasteiger partial charge in [-0.3, -0.25) is 4.79 Å². The lowest BCUT2D eigenvalue weighted by atomic mass is 9.83. The molecule has 0 amide bonds. The van der Waals surface area contributed by atoms with Crippen molar-refractivity contribution in [1.82, 2.24) is 4.90 Å². The van der Waals surface area contributed by atoms with Crippen molar-refractivity contribution in [2.45, 2.75) is 85.5 Å². The van der Waals surface area contributed by atoms with E-state index in [1.165, 1.54) is 39.0 Å². The van der Waals surface area contributed by atoms with E-state index in [-0.39, 0.29) is 11.9 Å². The number of likely N-dealkylation sites (tertiary alicyclic amines) is 1. The van der Waals surface area contributed by atoms with E-state index in [0.717, 1.165) is 83.1 Å². The lowest BCUT2D eigenvalue weighted by Crippen LogP contribution is -2.32. The number of aryl methyl sites for hydroxylation is 2. The normalized spacial score (nSPS) is 19.8. The van der Waals surface area contributed by atoms with E-state index < -0.39 is 0 Å². The number of allylic oxidation sites excluding steroid dienone is 7. The van der Waals surface area contributed by atoms with Gasteiger partial charge in [0.2, 0.25) is 0 Å². The van der Waals surface area contributed by atoms with Crippen LogP contribution in [0.4, 0.5) is 0 Å². The summed E-state index contributed by atoms with van der Waals surface area (Å²) < 4.78 is 5.27. The molecule has 0 saturated carbocycles. The summed E-state index contributed by atoms with van der Waals surface area (Å²) in [5.74, 6) is -0.303. The average Bonchev–Trinajstić information content (AvgIpc) is 2.97. The molecular weight excluding hydrogens is 504 g/mol. The number of carbonyl (C=O) groups excluding carboxylic acids is 1. The summed E-state index contributed by atoms with van der Waals surface area (Å²) in [7, 11) is 0. The largest absolute Gasteiger partial charge is 0.466 e. The Kier molecular flexibility index (Phi) is 13.4. The number of ether oxygens (including phenoxy) is 1. The van der Waals surface area contributed by atoms with Crippen LogP contribution >= 0.6 is 0 Å². The first-order valence-electron chi connectivity index (χ1n) is 15.7. The van der Waals surface area contributed by atoms with Crippen LogP contribution in [-0.2, 0) is 16.0 Å². The van der Waals surface area contributed by atoms with E-state index in [9.17, 15) is 4.79 Å². The van der Waals surface area contributed by atoms with Crippen LogP contribution in [-0.4, -0.2) is 37.1 Å². The van der Waals surface area contributed by atoms with Gasteiger partial charge in [0, 0.05) is 30.9 Å². The molecule has 0 spiro atoms. The zero-order valence-electron chi connectivity index (χ0n) is 26.0. The number of nitrogens with two attached hydrogens (primary N) is 1. The first-order valence-corrected chi connectivity index (χ1v) is 15.7. The first-order chi connectivity index (χ1) is 19.9. The molecule has 0 bridgehead atoms. The van der Waals surface area contributed by atoms with Crippen molar-refractivity contribution in [3.05, 3.63) is 100 Å². The Balaban J connectivity index is 1.70. The monoisotopic (exact) mass is 556 g/mol. The Morgan fingerprint density at radius 1 is 1.17 bits per heavy atom. The highest BCUT2D eigenvalue weighted by Crippen LogP contribution is 2.37. The summed E-state index contributed by atoms with van der Waals surface area (Å²) in [5, 5.41) is 0. The van der Waals surface area contributed by atoms with E-state index in [1.54, 1.807) is 0 Å². The third-order valence-corrected chi connectivity index (χ3v) is 8.31. The van der Waals surface area contributed by atoms with Gasteiger partial charge in [-0.1, -0.05) is 92.1 Å². The van der Waals surface area contributed by atoms with E-state index in [4.69, 9.17) is 10.5 Å². The summed E-state index contributed by atoms with van der Waals surface area (Å²) in [5.41, 5.74) is 17.3. The summed E-state index contributed by atoms with van der Waals surface area (Å²) >= 11 is 0. The van der Waals surface area contributed by atoms with Gasteiger partial charge in [-0.2, -0.15) is 0 Å². The molecule has 3 rings (SSSR count). The molecule has 222 valence electrons. The number of fused-ring (bicyclic) bond motifs is 1. The third-order valence-electron chi connectivity index (χ3n) is 8.31. The lowest BCUT2D eigenvalue weighted by molar-refractivity contribution is -0.146. The topological polar surface area (TPSA) is 55.6 Å². The second-order valence-electron chi connectivity index (χ2n) is 11.4. The SMILES string of the molecule is C=C/C(=C\C=C\C(CCCC)C(=O)OCC)CCN1CCC(=C2/C(N)=C(/C=C\C)CCCc3cc(C)ccc32)CC1. The second kappa shape index (κ2) is 17.0. The summed E-state index contributed by atoms with van der Waals surface area (Å²) in [6.07, 6.45) is 21.5. The molecule has 1 aromatic rings. The van der Waals surface area contributed by atoms with E-state index >= 15 is 0 Å². The van der Waals surface area contributed by atoms with Gasteiger partial charge in [0.05, 0.1) is 12.5 Å². The fraction of sp³-hybridized carbons (Fsp3) is 0.486. The van der Waals surface area contributed by atoms with Crippen LogP contribution in [0.25, 0.3) is 5.57 Å². The van der Waals surface area contributed by atoms with Crippen molar-refractivity contribution in [2.24, 2.45) is 11.7 Å². The number of carbonyl (C=O) groups is 1. The molecule has 4 nitrogen and oxygen atoms in total. The Morgan fingerprint density at radius 2 is 1.95 bits per heavy atom. The summed E-state index contributed by atoms with van der Waals surface area (Å²) in [6.45, 7) is 15.8. The van der Waals surface area contributed by atoms with Gasteiger partial charge in [-0.15, -0.1) is 0 Å². The van der Waals surface area contributed by atoms with Crippen molar-refractivity contribution < 1.29 is 9.53 Å². The first kappa shape index (κ1) is 32.4. The fourth-order valence-electron chi connectivity index (χ4n) is 5.95. The zero-order chi connectivity index (χ0) is 29.6. The Morgan fingerprint density at radius 3 is 2.63 bits per heavy atom. The highest BCUT2D eigenvalue weighted by molar-refractivity contribution is 5.84. The standard InChI is InChI=1S/C37H52N2O2/c1-6-10-15-32(37(40)41-9-4)17-11-14-29(8-3)21-24-39-25-22-30(23-26-39)35-34-20-19-28(5)27-33(34)18-12-16-31(13-7-2)36(35)38/h7-8,11,13-14,17,19-20,27,32H,3,6,9-10,12,15-16,18,21-26,38H2,1-2,4-5H3/b13-7-,17-11+,29-14+,36-31+. The molecule has 2 aliphatic rings. The predicted octanol–water partition coefficient (Wildman–Crippen LogP) is 8.40. The number of esters is 1. The van der Waals surface area contributed by atoms with Gasteiger partial charge in [0.15, 0.2) is 0 Å². The minimum atomic E-state index is -0.178. The fourth-order valence-corrected chi connectivity index (χ4v) is 5.95. The van der Waals surface area contributed by atoms with Crippen molar-refractivity contribution in [2.75, 3.05) is 26.2 Å². The average molecular weight is 557 g/mol. The van der Waals surface area contributed by atoms with Crippen LogP contribution in [0.3, 0.4) is 0 Å². The van der Waals surface area contributed by atoms with Crippen LogP contribution in [0.5, 0.6) is 0 Å². The van der Waals surface area contributed by atoms with Crippen molar-refractivity contribution in [3.63, 3.8) is 0 Å². The molecule has 1 saturated heterocycles. The zero-order valence-corrected chi connectivity index (χ0v) is 26.0. The van der Waals surface area contributed by atoms with Gasteiger partial charge in [0.25, 0.3) is 0 Å². The number of nitrogens with zero attached hydrogens (tertiary/aromatic N) is 1. The van der Waals surface area contributed by atoms with Gasteiger partial charge >= 0.3 is 5.97 Å². The maximum Gasteiger partial charge on any atom is 0.312 e. The smallest absolute Gasteiger partial charge is 0.312 e. The molecule has 1 aliphatic carbocycles. The van der Waals surface area contributed by atoms with Crippen LogP contribution in [0.15, 0.2) is 83.7 Å². The molecule has 1 atom stereocenters. The summed E-state index contributed by atoms with van der Waals surface area (Å²) in [6, 6.07) is 6.89. The number of piperidine rings is 1.